The van der Waals surface area contributed by atoms with Gasteiger partial charge in [-0.2, -0.15) is 0 Å². The Morgan fingerprint density at radius 2 is 1.72 bits per heavy atom. The Kier molecular flexibility index (Phi) is 10.5. The van der Waals surface area contributed by atoms with Gasteiger partial charge >= 0.3 is 5.97 Å². The molecule has 0 saturated heterocycles. The van der Waals surface area contributed by atoms with Crippen LogP contribution in [0, 0.1) is 0 Å². The SMILES string of the molecule is CCC(=O)OCCNC(=O)CCC(=O)NC1CCC(Cc2ccc(Cl)cc2)(N(C)C)CC1. The van der Waals surface area contributed by atoms with E-state index in [9.17, 15) is 14.4 Å². The fourth-order valence-corrected chi connectivity index (χ4v) is 4.26. The summed E-state index contributed by atoms with van der Waals surface area (Å²) in [5, 5.41) is 6.49. The Morgan fingerprint density at radius 1 is 1.09 bits per heavy atom. The molecule has 0 aromatic heterocycles. The smallest absolute Gasteiger partial charge is 0.305 e. The number of carbonyl (C=O) groups is 3. The third-order valence-corrected chi connectivity index (χ3v) is 6.48. The van der Waals surface area contributed by atoms with Crippen LogP contribution < -0.4 is 10.6 Å². The molecule has 1 aliphatic rings. The third-order valence-electron chi connectivity index (χ3n) is 6.23. The highest BCUT2D eigenvalue weighted by Gasteiger charge is 2.37. The molecule has 1 aromatic rings. The average molecular weight is 466 g/mol. The molecule has 1 aliphatic carbocycles. The summed E-state index contributed by atoms with van der Waals surface area (Å²) in [6.07, 6.45) is 5.34. The number of carbonyl (C=O) groups excluding carboxylic acids is 3. The average Bonchev–Trinajstić information content (AvgIpc) is 2.78. The van der Waals surface area contributed by atoms with Gasteiger partial charge in [-0.25, -0.2) is 0 Å². The number of amides is 2. The van der Waals surface area contributed by atoms with Gasteiger partial charge in [0.25, 0.3) is 0 Å². The van der Waals surface area contributed by atoms with E-state index in [1.807, 2.05) is 12.1 Å². The first kappa shape index (κ1) is 26.1. The first-order valence-electron chi connectivity index (χ1n) is 11.4. The van der Waals surface area contributed by atoms with Crippen molar-refractivity contribution in [3.63, 3.8) is 0 Å². The lowest BCUT2D eigenvalue weighted by Gasteiger charge is -2.45. The number of ether oxygens (including phenoxy) is 1. The van der Waals surface area contributed by atoms with Gasteiger partial charge < -0.3 is 20.3 Å². The molecule has 2 N–H and O–H groups in total. The van der Waals surface area contributed by atoms with E-state index in [0.29, 0.717) is 6.42 Å². The van der Waals surface area contributed by atoms with E-state index in [4.69, 9.17) is 16.3 Å². The monoisotopic (exact) mass is 465 g/mol. The fraction of sp³-hybridized carbons (Fsp3) is 0.625. The minimum atomic E-state index is -0.294. The van der Waals surface area contributed by atoms with Crippen molar-refractivity contribution in [3.8, 4) is 0 Å². The minimum Gasteiger partial charge on any atom is -0.464 e. The minimum absolute atomic E-state index is 0.0656. The quantitative estimate of drug-likeness (QED) is 0.387. The molecule has 2 amide bonds. The van der Waals surface area contributed by atoms with E-state index < -0.39 is 0 Å². The van der Waals surface area contributed by atoms with E-state index in [-0.39, 0.29) is 55.4 Å². The molecule has 0 atom stereocenters. The third kappa shape index (κ3) is 8.43. The summed E-state index contributed by atoms with van der Waals surface area (Å²) in [5.41, 5.74) is 1.33. The molecule has 1 fully saturated rings. The van der Waals surface area contributed by atoms with Crippen molar-refractivity contribution in [1.29, 1.82) is 0 Å². The number of hydrogen-bond donors (Lipinski definition) is 2. The van der Waals surface area contributed by atoms with Gasteiger partial charge in [0.15, 0.2) is 0 Å². The zero-order valence-electron chi connectivity index (χ0n) is 19.4. The van der Waals surface area contributed by atoms with Crippen molar-refractivity contribution in [3.05, 3.63) is 34.9 Å². The highest BCUT2D eigenvalue weighted by molar-refractivity contribution is 6.30. The molecule has 0 heterocycles. The molecular formula is C24H36ClN3O4. The summed E-state index contributed by atoms with van der Waals surface area (Å²) in [5.74, 6) is -0.610. The van der Waals surface area contributed by atoms with Crippen LogP contribution in [0.4, 0.5) is 0 Å². The first-order chi connectivity index (χ1) is 15.2. The zero-order valence-corrected chi connectivity index (χ0v) is 20.2. The lowest BCUT2D eigenvalue weighted by Crippen LogP contribution is -2.52. The summed E-state index contributed by atoms with van der Waals surface area (Å²) >= 11 is 6.02. The van der Waals surface area contributed by atoms with E-state index in [0.717, 1.165) is 37.1 Å². The summed E-state index contributed by atoms with van der Waals surface area (Å²) in [7, 11) is 4.24. The maximum atomic E-state index is 12.3. The lowest BCUT2D eigenvalue weighted by molar-refractivity contribution is -0.143. The second kappa shape index (κ2) is 12.8. The molecule has 1 saturated carbocycles. The van der Waals surface area contributed by atoms with Crippen LogP contribution in [0.25, 0.3) is 0 Å². The van der Waals surface area contributed by atoms with Gasteiger partial charge in [0.2, 0.25) is 11.8 Å². The number of esters is 1. The van der Waals surface area contributed by atoms with Crippen LogP contribution in [0.1, 0.15) is 57.4 Å². The van der Waals surface area contributed by atoms with Crippen LogP contribution in [-0.4, -0.2) is 61.5 Å². The lowest BCUT2D eigenvalue weighted by atomic mass is 9.75. The predicted molar refractivity (Wildman–Crippen MR) is 125 cm³/mol. The largest absolute Gasteiger partial charge is 0.464 e. The van der Waals surface area contributed by atoms with Crippen LogP contribution in [0.2, 0.25) is 5.02 Å². The van der Waals surface area contributed by atoms with Crippen molar-refractivity contribution in [1.82, 2.24) is 15.5 Å². The predicted octanol–water partition coefficient (Wildman–Crippen LogP) is 3.09. The van der Waals surface area contributed by atoms with E-state index in [1.54, 1.807) is 6.92 Å². The second-order valence-corrected chi connectivity index (χ2v) is 9.12. The molecule has 0 radical (unpaired) electrons. The molecule has 1 aromatic carbocycles. The number of likely N-dealkylation sites (N-methyl/N-ethyl adjacent to an activating group) is 1. The summed E-state index contributed by atoms with van der Waals surface area (Å²) in [6, 6.07) is 8.16. The molecule has 0 aliphatic heterocycles. The number of nitrogens with one attached hydrogen (secondary N) is 2. The van der Waals surface area contributed by atoms with Crippen molar-refractivity contribution in [2.75, 3.05) is 27.2 Å². The maximum Gasteiger partial charge on any atom is 0.305 e. The number of halogens is 1. The van der Waals surface area contributed by atoms with Crippen LogP contribution >= 0.6 is 11.6 Å². The van der Waals surface area contributed by atoms with Crippen LogP contribution in [0.5, 0.6) is 0 Å². The van der Waals surface area contributed by atoms with Crippen molar-refractivity contribution >= 4 is 29.4 Å². The van der Waals surface area contributed by atoms with Crippen LogP contribution in [0.3, 0.4) is 0 Å². The molecule has 0 spiro atoms. The van der Waals surface area contributed by atoms with Gasteiger partial charge in [0.05, 0.1) is 6.54 Å². The molecule has 32 heavy (non-hydrogen) atoms. The van der Waals surface area contributed by atoms with E-state index in [1.165, 1.54) is 5.56 Å². The molecule has 8 heteroatoms. The number of hydrogen-bond acceptors (Lipinski definition) is 5. The Bertz CT molecular complexity index is 759. The highest BCUT2D eigenvalue weighted by Crippen LogP contribution is 2.35. The standard InChI is InChI=1S/C24H36ClN3O4/c1-4-23(31)32-16-15-26-21(29)9-10-22(30)27-20-11-13-24(14-12-20,28(2)3)17-18-5-7-19(25)8-6-18/h5-8,20H,4,9-17H2,1-3H3,(H,26,29)(H,27,30). The van der Waals surface area contributed by atoms with E-state index >= 15 is 0 Å². The van der Waals surface area contributed by atoms with Gasteiger partial charge in [-0.1, -0.05) is 30.7 Å². The van der Waals surface area contributed by atoms with Gasteiger partial charge in [0, 0.05) is 35.9 Å². The molecular weight excluding hydrogens is 430 g/mol. The Labute approximate surface area is 196 Å². The van der Waals surface area contributed by atoms with Crippen molar-refractivity contribution in [2.24, 2.45) is 0 Å². The molecule has 0 bridgehead atoms. The van der Waals surface area contributed by atoms with Crippen LogP contribution in [-0.2, 0) is 25.5 Å². The number of benzene rings is 1. The van der Waals surface area contributed by atoms with E-state index in [2.05, 4.69) is 41.8 Å². The second-order valence-electron chi connectivity index (χ2n) is 8.69. The normalized spacial score (nSPS) is 20.6. The Morgan fingerprint density at radius 3 is 2.31 bits per heavy atom. The zero-order chi connectivity index (χ0) is 23.6. The maximum absolute atomic E-state index is 12.3. The van der Waals surface area contributed by atoms with Gasteiger partial charge in [0.1, 0.15) is 6.61 Å². The van der Waals surface area contributed by atoms with Gasteiger partial charge in [-0.05, 0) is 63.9 Å². The molecule has 0 unspecified atom stereocenters. The van der Waals surface area contributed by atoms with Crippen molar-refractivity contribution < 1.29 is 19.1 Å². The molecule has 2 rings (SSSR count). The molecule has 178 valence electrons. The number of rotatable bonds is 11. The number of nitrogens with zero attached hydrogens (tertiary/aromatic N) is 1. The topological polar surface area (TPSA) is 87.7 Å². The summed E-state index contributed by atoms with van der Waals surface area (Å²) < 4.78 is 4.90. The Balaban J connectivity index is 1.71. The van der Waals surface area contributed by atoms with Crippen molar-refractivity contribution in [2.45, 2.75) is 69.9 Å². The summed E-state index contributed by atoms with van der Waals surface area (Å²) in [6.45, 7) is 2.12. The van der Waals surface area contributed by atoms with Gasteiger partial charge in [-0.15, -0.1) is 0 Å². The fourth-order valence-electron chi connectivity index (χ4n) is 4.14. The highest BCUT2D eigenvalue weighted by atomic mass is 35.5. The molecule has 7 nitrogen and oxygen atoms in total. The Hall–Kier alpha value is -2.12. The first-order valence-corrected chi connectivity index (χ1v) is 11.8. The summed E-state index contributed by atoms with van der Waals surface area (Å²) in [4.78, 5) is 37.5. The van der Waals surface area contributed by atoms with Crippen LogP contribution in [0.15, 0.2) is 24.3 Å². The van der Waals surface area contributed by atoms with Gasteiger partial charge in [-0.3, -0.25) is 14.4 Å².